The number of hydrogen-bond acceptors (Lipinski definition) is 5. The zero-order valence-corrected chi connectivity index (χ0v) is 16.1. The molecule has 0 atom stereocenters. The van der Waals surface area contributed by atoms with Crippen molar-refractivity contribution in [3.05, 3.63) is 71.4 Å². The molecule has 2 heterocycles. The van der Waals surface area contributed by atoms with Gasteiger partial charge in [0.1, 0.15) is 11.4 Å². The number of hydrogen-bond donors (Lipinski definition) is 1. The Balaban J connectivity index is 1.61. The van der Waals surface area contributed by atoms with E-state index in [4.69, 9.17) is 4.74 Å². The molecular weight excluding hydrogens is 374 g/mol. The summed E-state index contributed by atoms with van der Waals surface area (Å²) in [5.74, 6) is 0.498. The molecule has 6 nitrogen and oxygen atoms in total. The molecule has 0 aliphatic carbocycles. The van der Waals surface area contributed by atoms with Crippen molar-refractivity contribution in [3.8, 4) is 17.0 Å². The van der Waals surface area contributed by atoms with E-state index in [1.807, 2.05) is 30.5 Å². The first-order valence-electron chi connectivity index (χ1n) is 8.58. The lowest BCUT2D eigenvalue weighted by Crippen LogP contribution is -2.13. The summed E-state index contributed by atoms with van der Waals surface area (Å²) in [6, 6.07) is 14.5. The Morgan fingerprint density at radius 2 is 1.93 bits per heavy atom. The van der Waals surface area contributed by atoms with Gasteiger partial charge in [-0.3, -0.25) is 14.0 Å². The van der Waals surface area contributed by atoms with E-state index >= 15 is 0 Å². The van der Waals surface area contributed by atoms with Crippen LogP contribution in [0.2, 0.25) is 0 Å². The lowest BCUT2D eigenvalue weighted by atomic mass is 10.1. The molecule has 4 aromatic rings. The molecule has 2 aromatic carbocycles. The number of fused-ring (bicyclic) bond motifs is 1. The van der Waals surface area contributed by atoms with Crippen molar-refractivity contribution in [1.29, 1.82) is 0 Å². The third-order valence-corrected chi connectivity index (χ3v) is 5.20. The van der Waals surface area contributed by atoms with Gasteiger partial charge in [0.05, 0.1) is 12.8 Å². The first kappa shape index (κ1) is 17.9. The number of carbonyl (C=O) groups is 2. The number of carbonyl (C=O) groups excluding carboxylic acids is 2. The monoisotopic (exact) mass is 391 g/mol. The van der Waals surface area contributed by atoms with Crippen molar-refractivity contribution in [2.24, 2.45) is 0 Å². The predicted octanol–water partition coefficient (Wildman–Crippen LogP) is 4.53. The highest BCUT2D eigenvalue weighted by atomic mass is 32.1. The maximum Gasteiger partial charge on any atom is 0.273 e. The van der Waals surface area contributed by atoms with Crippen LogP contribution in [0.1, 0.15) is 27.8 Å². The largest absolute Gasteiger partial charge is 0.497 e. The van der Waals surface area contributed by atoms with Crippen molar-refractivity contribution in [1.82, 2.24) is 9.38 Å². The lowest BCUT2D eigenvalue weighted by Gasteiger charge is -2.05. The summed E-state index contributed by atoms with van der Waals surface area (Å²) in [5, 5.41) is 4.63. The van der Waals surface area contributed by atoms with Gasteiger partial charge in [-0.15, -0.1) is 11.3 Å². The number of thiazole rings is 1. The number of nitrogens with one attached hydrogen (secondary N) is 1. The van der Waals surface area contributed by atoms with Gasteiger partial charge in [-0.2, -0.15) is 0 Å². The zero-order valence-electron chi connectivity index (χ0n) is 15.3. The summed E-state index contributed by atoms with van der Waals surface area (Å²) in [7, 11) is 1.62. The van der Waals surface area contributed by atoms with E-state index in [1.54, 1.807) is 41.2 Å². The summed E-state index contributed by atoms with van der Waals surface area (Å²) in [5.41, 5.74) is 3.42. The van der Waals surface area contributed by atoms with E-state index < -0.39 is 0 Å². The highest BCUT2D eigenvalue weighted by Gasteiger charge is 2.16. The molecule has 140 valence electrons. The summed E-state index contributed by atoms with van der Waals surface area (Å²) in [4.78, 5) is 29.4. The van der Waals surface area contributed by atoms with E-state index in [1.165, 1.54) is 18.3 Å². The van der Waals surface area contributed by atoms with Gasteiger partial charge in [0.15, 0.2) is 10.7 Å². The SMILES string of the molecule is COc1cccc(-c2cn3c(C(=O)Nc4ccc(C(C)=O)cc4)csc3n2)c1. The van der Waals surface area contributed by atoms with Gasteiger partial charge in [0.25, 0.3) is 5.91 Å². The van der Waals surface area contributed by atoms with Crippen molar-refractivity contribution in [2.45, 2.75) is 6.92 Å². The highest BCUT2D eigenvalue weighted by Crippen LogP contribution is 2.26. The van der Waals surface area contributed by atoms with Crippen LogP contribution < -0.4 is 10.1 Å². The molecule has 7 heteroatoms. The fourth-order valence-corrected chi connectivity index (χ4v) is 3.71. The van der Waals surface area contributed by atoms with Gasteiger partial charge < -0.3 is 10.1 Å². The minimum atomic E-state index is -0.239. The molecule has 1 N–H and O–H groups in total. The Hall–Kier alpha value is -3.45. The quantitative estimate of drug-likeness (QED) is 0.508. The second-order valence-corrected chi connectivity index (χ2v) is 7.06. The second kappa shape index (κ2) is 7.28. The second-order valence-electron chi connectivity index (χ2n) is 6.22. The van der Waals surface area contributed by atoms with Gasteiger partial charge in [0, 0.05) is 28.4 Å². The van der Waals surface area contributed by atoms with Crippen LogP contribution in [0, 0.1) is 0 Å². The molecule has 0 unspecified atom stereocenters. The number of nitrogens with zero attached hydrogens (tertiary/aromatic N) is 2. The Morgan fingerprint density at radius 1 is 1.14 bits per heavy atom. The Labute approximate surface area is 165 Å². The molecule has 0 saturated heterocycles. The Kier molecular flexibility index (Phi) is 4.67. The van der Waals surface area contributed by atoms with Crippen LogP contribution in [0.15, 0.2) is 60.1 Å². The van der Waals surface area contributed by atoms with Crippen LogP contribution in [0.5, 0.6) is 5.75 Å². The average Bonchev–Trinajstić information content (AvgIpc) is 3.29. The van der Waals surface area contributed by atoms with Crippen molar-refractivity contribution in [2.75, 3.05) is 12.4 Å². The average molecular weight is 391 g/mol. The minimum absolute atomic E-state index is 0.0130. The van der Waals surface area contributed by atoms with E-state index in [0.29, 0.717) is 16.9 Å². The Bertz CT molecular complexity index is 1180. The van der Waals surface area contributed by atoms with Crippen LogP contribution in [0.3, 0.4) is 0 Å². The molecule has 0 aliphatic heterocycles. The number of Topliss-reactive ketones (excluding diaryl/α,β-unsaturated/α-hetero) is 1. The maximum absolute atomic E-state index is 12.7. The number of aromatic nitrogens is 2. The van der Waals surface area contributed by atoms with E-state index in [-0.39, 0.29) is 11.7 Å². The lowest BCUT2D eigenvalue weighted by molar-refractivity contribution is 0.101. The van der Waals surface area contributed by atoms with Crippen molar-refractivity contribution < 1.29 is 14.3 Å². The smallest absolute Gasteiger partial charge is 0.273 e. The number of ether oxygens (including phenoxy) is 1. The number of anilines is 1. The zero-order chi connectivity index (χ0) is 19.7. The van der Waals surface area contributed by atoms with Gasteiger partial charge in [-0.05, 0) is 43.3 Å². The number of rotatable bonds is 5. The molecule has 0 aliphatic rings. The normalized spacial score (nSPS) is 10.8. The fraction of sp³-hybridized carbons (Fsp3) is 0.0952. The van der Waals surface area contributed by atoms with Crippen molar-refractivity contribution in [3.63, 3.8) is 0 Å². The van der Waals surface area contributed by atoms with Crippen LogP contribution in [-0.4, -0.2) is 28.2 Å². The number of benzene rings is 2. The van der Waals surface area contributed by atoms with Crippen LogP contribution >= 0.6 is 11.3 Å². The van der Waals surface area contributed by atoms with Crippen LogP contribution in [0.25, 0.3) is 16.2 Å². The molecule has 0 radical (unpaired) electrons. The number of ketones is 1. The number of methoxy groups -OCH3 is 1. The van der Waals surface area contributed by atoms with Gasteiger partial charge in [-0.25, -0.2) is 4.98 Å². The Morgan fingerprint density at radius 3 is 2.64 bits per heavy atom. The first-order chi connectivity index (χ1) is 13.5. The molecule has 0 saturated carbocycles. The molecular formula is C21H17N3O3S. The summed E-state index contributed by atoms with van der Waals surface area (Å²) in [6.07, 6.45) is 1.84. The first-order valence-corrected chi connectivity index (χ1v) is 9.46. The highest BCUT2D eigenvalue weighted by molar-refractivity contribution is 7.15. The number of imidazole rings is 1. The van der Waals surface area contributed by atoms with Gasteiger partial charge in [0.2, 0.25) is 0 Å². The summed E-state index contributed by atoms with van der Waals surface area (Å²) >= 11 is 1.40. The summed E-state index contributed by atoms with van der Waals surface area (Å²) < 4.78 is 7.04. The van der Waals surface area contributed by atoms with Crippen molar-refractivity contribution >= 4 is 33.7 Å². The minimum Gasteiger partial charge on any atom is -0.497 e. The fourth-order valence-electron chi connectivity index (χ4n) is 2.85. The standard InChI is InChI=1S/C21H17N3O3S/c1-13(25)14-6-8-16(9-7-14)22-20(26)19-12-28-21-23-18(11-24(19)21)15-4-3-5-17(10-15)27-2/h3-12H,1-2H3,(H,22,26). The molecule has 28 heavy (non-hydrogen) atoms. The van der Waals surface area contributed by atoms with E-state index in [0.717, 1.165) is 22.0 Å². The molecule has 0 fully saturated rings. The van der Waals surface area contributed by atoms with Gasteiger partial charge in [-0.1, -0.05) is 12.1 Å². The summed E-state index contributed by atoms with van der Waals surface area (Å²) in [6.45, 7) is 1.51. The van der Waals surface area contributed by atoms with E-state index in [9.17, 15) is 9.59 Å². The molecule has 1 amide bonds. The van der Waals surface area contributed by atoms with E-state index in [2.05, 4.69) is 10.3 Å². The molecule has 2 aromatic heterocycles. The molecule has 0 spiro atoms. The number of amides is 1. The van der Waals surface area contributed by atoms with Crippen LogP contribution in [-0.2, 0) is 0 Å². The molecule has 0 bridgehead atoms. The predicted molar refractivity (Wildman–Crippen MR) is 109 cm³/mol. The third-order valence-electron chi connectivity index (χ3n) is 4.36. The molecule has 4 rings (SSSR count). The van der Waals surface area contributed by atoms with Crippen LogP contribution in [0.4, 0.5) is 5.69 Å². The maximum atomic E-state index is 12.7. The third kappa shape index (κ3) is 3.39. The van der Waals surface area contributed by atoms with Gasteiger partial charge >= 0.3 is 0 Å². The topological polar surface area (TPSA) is 72.7 Å².